The molecule has 1 aromatic carbocycles. The number of halogens is 1. The number of furan rings is 1. The van der Waals surface area contributed by atoms with Crippen LogP contribution in [0.2, 0.25) is 5.02 Å². The van der Waals surface area contributed by atoms with Gasteiger partial charge in [-0.05, 0) is 57.5 Å². The van der Waals surface area contributed by atoms with E-state index in [1.807, 2.05) is 37.3 Å². The van der Waals surface area contributed by atoms with Gasteiger partial charge in [0.1, 0.15) is 17.4 Å². The Morgan fingerprint density at radius 1 is 1.05 bits per heavy atom. The molecule has 2 fully saturated rings. The van der Waals surface area contributed by atoms with Gasteiger partial charge < -0.3 is 13.6 Å². The van der Waals surface area contributed by atoms with Crippen LogP contribution in [0.3, 0.4) is 0 Å². The highest BCUT2D eigenvalue weighted by molar-refractivity contribution is 6.30. The van der Waals surface area contributed by atoms with E-state index >= 15 is 0 Å². The number of esters is 1. The number of pyridine rings is 1. The Morgan fingerprint density at radius 3 is 2.56 bits per heavy atom. The lowest BCUT2D eigenvalue weighted by Crippen LogP contribution is -2.54. The van der Waals surface area contributed by atoms with Gasteiger partial charge in [0.2, 0.25) is 5.89 Å². The molecule has 6 rings (SSSR count). The fourth-order valence-corrected chi connectivity index (χ4v) is 5.84. The molecule has 0 saturated carbocycles. The minimum Gasteiger partial charge on any atom is -0.461 e. The second-order valence-electron chi connectivity index (χ2n) is 11.2. The normalized spacial score (nSPS) is 21.1. The third kappa shape index (κ3) is 5.33. The summed E-state index contributed by atoms with van der Waals surface area (Å²) in [6.07, 6.45) is 6.54. The van der Waals surface area contributed by atoms with Gasteiger partial charge in [-0.2, -0.15) is 0 Å². The van der Waals surface area contributed by atoms with Crippen LogP contribution in [0, 0.1) is 12.8 Å². The van der Waals surface area contributed by atoms with Gasteiger partial charge in [-0.15, -0.1) is 0 Å². The third-order valence-electron chi connectivity index (χ3n) is 8.05. The van der Waals surface area contributed by atoms with Crippen LogP contribution in [0.1, 0.15) is 37.5 Å². The first-order valence-electron chi connectivity index (χ1n) is 13.5. The summed E-state index contributed by atoms with van der Waals surface area (Å²) in [4.78, 5) is 26.3. The van der Waals surface area contributed by atoms with Crippen LogP contribution in [0.25, 0.3) is 22.3 Å². The van der Waals surface area contributed by atoms with E-state index in [9.17, 15) is 4.79 Å². The Balaban J connectivity index is 1.02. The summed E-state index contributed by atoms with van der Waals surface area (Å²) in [5.74, 6) is 1.94. The molecule has 9 heteroatoms. The van der Waals surface area contributed by atoms with Crippen LogP contribution < -0.4 is 0 Å². The van der Waals surface area contributed by atoms with E-state index in [0.717, 1.165) is 66.3 Å². The van der Waals surface area contributed by atoms with Crippen molar-refractivity contribution in [2.75, 3.05) is 32.7 Å². The van der Waals surface area contributed by atoms with Gasteiger partial charge in [-0.3, -0.25) is 19.6 Å². The number of aryl methyl sites for hydroxylation is 1. The van der Waals surface area contributed by atoms with Gasteiger partial charge in [-0.25, -0.2) is 4.98 Å². The first kappa shape index (κ1) is 26.0. The zero-order valence-electron chi connectivity index (χ0n) is 22.5. The molecular weight excluding hydrogens is 516 g/mol. The summed E-state index contributed by atoms with van der Waals surface area (Å²) < 4.78 is 18.0. The van der Waals surface area contributed by atoms with Gasteiger partial charge in [0.15, 0.2) is 5.76 Å². The molecule has 3 aromatic heterocycles. The summed E-state index contributed by atoms with van der Waals surface area (Å²) in [5, 5.41) is 1.67. The van der Waals surface area contributed by atoms with E-state index in [-0.39, 0.29) is 23.5 Å². The molecule has 0 spiro atoms. The first-order chi connectivity index (χ1) is 18.8. The van der Waals surface area contributed by atoms with Crippen molar-refractivity contribution in [3.8, 4) is 11.3 Å². The topological polar surface area (TPSA) is 84.8 Å². The van der Waals surface area contributed by atoms with E-state index in [2.05, 4.69) is 33.6 Å². The first-order valence-corrected chi connectivity index (χ1v) is 13.9. The number of benzene rings is 1. The lowest BCUT2D eigenvalue weighted by molar-refractivity contribution is -0.145. The van der Waals surface area contributed by atoms with Gasteiger partial charge in [0.25, 0.3) is 0 Å². The highest BCUT2D eigenvalue weighted by atomic mass is 35.5. The standard InChI is InChI=1S/C30H33ClN4O4/c1-19-15-32-16-22-14-24(37-27(19)22)12-21-13-25(38-28(21)36)18-34-8-10-35(11-9-34)30(2,3)29-33-17-26(39-29)20-4-6-23(31)7-5-20/h4-7,14-17,21,25H,8-13,18H2,1-3H3/t21?,25-/m0/s1. The monoisotopic (exact) mass is 548 g/mol. The Labute approximate surface area is 232 Å². The molecule has 2 atom stereocenters. The van der Waals surface area contributed by atoms with Gasteiger partial charge >= 0.3 is 5.97 Å². The lowest BCUT2D eigenvalue weighted by atomic mass is 9.99. The minimum atomic E-state index is -0.345. The third-order valence-corrected chi connectivity index (χ3v) is 8.30. The highest BCUT2D eigenvalue weighted by Crippen LogP contribution is 2.33. The van der Waals surface area contributed by atoms with Crippen molar-refractivity contribution in [2.24, 2.45) is 5.92 Å². The number of cyclic esters (lactones) is 1. The van der Waals surface area contributed by atoms with Crippen LogP contribution in [0.15, 0.2) is 57.8 Å². The van der Waals surface area contributed by atoms with E-state index < -0.39 is 0 Å². The number of aromatic nitrogens is 2. The van der Waals surface area contributed by atoms with Crippen LogP contribution in [-0.4, -0.2) is 64.6 Å². The molecule has 4 aromatic rings. The molecule has 2 aliphatic rings. The number of ether oxygens (including phenoxy) is 1. The second-order valence-corrected chi connectivity index (χ2v) is 11.6. The maximum absolute atomic E-state index is 12.6. The average Bonchev–Trinajstić information content (AvgIpc) is 3.65. The van der Waals surface area contributed by atoms with Crippen LogP contribution in [-0.2, 0) is 21.5 Å². The van der Waals surface area contributed by atoms with Crippen molar-refractivity contribution in [1.29, 1.82) is 0 Å². The predicted octanol–water partition coefficient (Wildman–Crippen LogP) is 5.47. The lowest BCUT2D eigenvalue weighted by Gasteiger charge is -2.42. The van der Waals surface area contributed by atoms with Gasteiger partial charge in [0, 0.05) is 73.1 Å². The van der Waals surface area contributed by atoms with E-state index in [4.69, 9.17) is 25.2 Å². The molecule has 0 N–H and O–H groups in total. The molecule has 0 amide bonds. The fraction of sp³-hybridized carbons (Fsp3) is 0.433. The molecule has 0 aliphatic carbocycles. The smallest absolute Gasteiger partial charge is 0.309 e. The summed E-state index contributed by atoms with van der Waals surface area (Å²) in [6, 6.07) is 9.57. The Hall–Kier alpha value is -3.20. The largest absolute Gasteiger partial charge is 0.461 e. The van der Waals surface area contributed by atoms with Crippen LogP contribution >= 0.6 is 11.6 Å². The molecule has 39 heavy (non-hydrogen) atoms. The Kier molecular flexibility index (Phi) is 6.95. The number of fused-ring (bicyclic) bond motifs is 1. The molecule has 0 bridgehead atoms. The number of carbonyl (C=O) groups excluding carboxylic acids is 1. The zero-order chi connectivity index (χ0) is 27.1. The van der Waals surface area contributed by atoms with Crippen molar-refractivity contribution in [3.63, 3.8) is 0 Å². The van der Waals surface area contributed by atoms with E-state index in [1.54, 1.807) is 18.6 Å². The zero-order valence-corrected chi connectivity index (χ0v) is 23.3. The van der Waals surface area contributed by atoms with E-state index in [0.29, 0.717) is 23.8 Å². The minimum absolute atomic E-state index is 0.0940. The summed E-state index contributed by atoms with van der Waals surface area (Å²) in [5.41, 5.74) is 2.45. The molecule has 204 valence electrons. The number of piperazine rings is 1. The van der Waals surface area contributed by atoms with Crippen molar-refractivity contribution in [2.45, 2.75) is 45.3 Å². The van der Waals surface area contributed by atoms with Crippen molar-refractivity contribution >= 4 is 28.5 Å². The van der Waals surface area contributed by atoms with E-state index in [1.165, 1.54) is 0 Å². The highest BCUT2D eigenvalue weighted by Gasteiger charge is 2.39. The molecule has 1 unspecified atom stereocenters. The van der Waals surface area contributed by atoms with Crippen molar-refractivity contribution in [1.82, 2.24) is 19.8 Å². The predicted molar refractivity (Wildman–Crippen MR) is 148 cm³/mol. The molecular formula is C30H33ClN4O4. The number of hydrogen-bond acceptors (Lipinski definition) is 8. The van der Waals surface area contributed by atoms with Crippen molar-refractivity contribution < 1.29 is 18.4 Å². The maximum Gasteiger partial charge on any atom is 0.309 e. The van der Waals surface area contributed by atoms with Crippen molar-refractivity contribution in [3.05, 3.63) is 71.2 Å². The SMILES string of the molecule is Cc1cncc2cc(CC3C[C@@H](CN4CCN(C(C)(C)c5ncc(-c6ccc(Cl)cc6)o5)CC4)OC3=O)oc12. The molecule has 8 nitrogen and oxygen atoms in total. The molecule has 5 heterocycles. The second kappa shape index (κ2) is 10.4. The Bertz CT molecular complexity index is 1470. The Morgan fingerprint density at radius 2 is 1.82 bits per heavy atom. The fourth-order valence-electron chi connectivity index (χ4n) is 5.71. The van der Waals surface area contributed by atoms with Crippen LogP contribution in [0.4, 0.5) is 0 Å². The number of nitrogens with zero attached hydrogens (tertiary/aromatic N) is 4. The summed E-state index contributed by atoms with van der Waals surface area (Å²) >= 11 is 6.02. The van der Waals surface area contributed by atoms with Gasteiger partial charge in [-0.1, -0.05) is 11.6 Å². The van der Waals surface area contributed by atoms with Crippen LogP contribution in [0.5, 0.6) is 0 Å². The average molecular weight is 549 g/mol. The van der Waals surface area contributed by atoms with Gasteiger partial charge in [0.05, 0.1) is 17.7 Å². The summed E-state index contributed by atoms with van der Waals surface area (Å²) in [7, 11) is 0. The number of hydrogen-bond donors (Lipinski definition) is 0. The maximum atomic E-state index is 12.6. The summed E-state index contributed by atoms with van der Waals surface area (Å²) in [6.45, 7) is 10.6. The quantitative estimate of drug-likeness (QED) is 0.281. The number of rotatable bonds is 7. The number of oxazole rings is 1. The number of carbonyl (C=O) groups is 1. The molecule has 2 saturated heterocycles. The molecule has 0 radical (unpaired) electrons. The molecule has 2 aliphatic heterocycles.